The van der Waals surface area contributed by atoms with E-state index in [0.717, 1.165) is 15.8 Å². The van der Waals surface area contributed by atoms with Crippen LogP contribution in [0.3, 0.4) is 0 Å². The molecule has 0 aromatic heterocycles. The topological polar surface area (TPSA) is 38.7 Å². The first-order valence-electron chi connectivity index (χ1n) is 5.71. The Morgan fingerprint density at radius 3 is 2.94 bits per heavy atom. The van der Waals surface area contributed by atoms with E-state index in [1.165, 1.54) is 0 Å². The summed E-state index contributed by atoms with van der Waals surface area (Å²) < 4.78 is 11.6. The predicted octanol–water partition coefficient (Wildman–Crippen LogP) is 2.54. The van der Waals surface area contributed by atoms with Gasteiger partial charge in [-0.05, 0) is 30.7 Å². The van der Waals surface area contributed by atoms with E-state index in [-0.39, 0.29) is 6.10 Å². The fourth-order valence-electron chi connectivity index (χ4n) is 2.15. The Balaban J connectivity index is 2.23. The molecule has 2 unspecified atom stereocenters. The zero-order valence-electron chi connectivity index (χ0n) is 10.1. The molecule has 2 rings (SSSR count). The minimum absolute atomic E-state index is 0.124. The average Bonchev–Trinajstić information content (AvgIpc) is 2.62. The molecule has 0 radical (unpaired) electrons. The van der Waals surface area contributed by atoms with E-state index in [0.29, 0.717) is 19.4 Å². The van der Waals surface area contributed by atoms with Gasteiger partial charge in [0.25, 0.3) is 0 Å². The maximum Gasteiger partial charge on any atom is 0.119 e. The number of rotatable bonds is 3. The van der Waals surface area contributed by atoms with Gasteiger partial charge >= 0.3 is 0 Å². The van der Waals surface area contributed by atoms with E-state index in [9.17, 15) is 5.11 Å². The molecule has 4 heteroatoms. The number of hydrogen-bond acceptors (Lipinski definition) is 3. The number of aliphatic hydroxyl groups is 1. The summed E-state index contributed by atoms with van der Waals surface area (Å²) in [6, 6.07) is 5.79. The van der Waals surface area contributed by atoms with Crippen LogP contribution in [-0.4, -0.2) is 30.5 Å². The monoisotopic (exact) mass is 300 g/mol. The summed E-state index contributed by atoms with van der Waals surface area (Å²) >= 11 is 3.50. The molecule has 0 spiro atoms. The molecule has 1 aromatic carbocycles. The van der Waals surface area contributed by atoms with Crippen LogP contribution >= 0.6 is 15.9 Å². The third kappa shape index (κ3) is 2.64. The second-order valence-electron chi connectivity index (χ2n) is 4.50. The summed E-state index contributed by atoms with van der Waals surface area (Å²) in [5.41, 5.74) is 0.277. The lowest BCUT2D eigenvalue weighted by Gasteiger charge is -2.26. The third-order valence-electron chi connectivity index (χ3n) is 3.41. The van der Waals surface area contributed by atoms with E-state index in [4.69, 9.17) is 9.47 Å². The molecule has 1 aliphatic rings. The van der Waals surface area contributed by atoms with Crippen molar-refractivity contribution in [2.45, 2.75) is 31.5 Å². The first-order chi connectivity index (χ1) is 8.05. The summed E-state index contributed by atoms with van der Waals surface area (Å²) in [4.78, 5) is 0. The molecule has 1 N–H and O–H groups in total. The highest BCUT2D eigenvalue weighted by Gasteiger charge is 2.39. The lowest BCUT2D eigenvalue weighted by molar-refractivity contribution is -0.0270. The van der Waals surface area contributed by atoms with Gasteiger partial charge in [-0.2, -0.15) is 0 Å². The Labute approximate surface area is 110 Å². The predicted molar refractivity (Wildman–Crippen MR) is 69.4 cm³/mol. The maximum atomic E-state index is 10.5. The first-order valence-corrected chi connectivity index (χ1v) is 6.51. The van der Waals surface area contributed by atoms with Crippen molar-refractivity contribution in [1.29, 1.82) is 0 Å². The highest BCUT2D eigenvalue weighted by atomic mass is 79.9. The van der Waals surface area contributed by atoms with Gasteiger partial charge in [0, 0.05) is 23.9 Å². The van der Waals surface area contributed by atoms with Gasteiger partial charge in [-0.15, -0.1) is 0 Å². The second kappa shape index (κ2) is 4.96. The first kappa shape index (κ1) is 12.9. The molecule has 1 aliphatic heterocycles. The molecule has 1 aromatic rings. The molecule has 3 nitrogen and oxygen atoms in total. The Kier molecular flexibility index (Phi) is 3.76. The fourth-order valence-corrected chi connectivity index (χ4v) is 2.53. The van der Waals surface area contributed by atoms with Crippen molar-refractivity contribution in [1.82, 2.24) is 0 Å². The largest absolute Gasteiger partial charge is 0.497 e. The van der Waals surface area contributed by atoms with Crippen LogP contribution < -0.4 is 4.74 Å². The van der Waals surface area contributed by atoms with Crippen molar-refractivity contribution in [2.75, 3.05) is 13.7 Å². The molecule has 0 amide bonds. The van der Waals surface area contributed by atoms with Crippen molar-refractivity contribution in [2.24, 2.45) is 0 Å². The van der Waals surface area contributed by atoms with Gasteiger partial charge in [-0.1, -0.05) is 15.9 Å². The lowest BCUT2D eigenvalue weighted by Crippen LogP contribution is -2.38. The van der Waals surface area contributed by atoms with Crippen molar-refractivity contribution in [3.05, 3.63) is 28.2 Å². The van der Waals surface area contributed by atoms with Crippen molar-refractivity contribution in [3.8, 4) is 5.75 Å². The molecule has 94 valence electrons. The summed E-state index contributed by atoms with van der Waals surface area (Å²) in [7, 11) is 1.64. The minimum atomic E-state index is -0.769. The van der Waals surface area contributed by atoms with Crippen LogP contribution in [0.15, 0.2) is 22.7 Å². The van der Waals surface area contributed by atoms with Gasteiger partial charge in [0.15, 0.2) is 0 Å². The number of hydrogen-bond donors (Lipinski definition) is 1. The SMILES string of the molecule is COc1ccc(Br)c(CC2(O)CCOC2C)c1. The van der Waals surface area contributed by atoms with Crippen LogP contribution in [0.1, 0.15) is 18.9 Å². The molecule has 1 fully saturated rings. The quantitative estimate of drug-likeness (QED) is 0.932. The molecule has 1 saturated heterocycles. The van der Waals surface area contributed by atoms with Crippen molar-refractivity contribution in [3.63, 3.8) is 0 Å². The highest BCUT2D eigenvalue weighted by Crippen LogP contribution is 2.33. The standard InChI is InChI=1S/C13H17BrO3/c1-9-13(15,5-6-17-9)8-10-7-11(16-2)3-4-12(10)14/h3-4,7,9,15H,5-6,8H2,1-2H3. The van der Waals surface area contributed by atoms with Crippen LogP contribution in [0.4, 0.5) is 0 Å². The third-order valence-corrected chi connectivity index (χ3v) is 4.18. The van der Waals surface area contributed by atoms with Crippen LogP contribution in [-0.2, 0) is 11.2 Å². The van der Waals surface area contributed by atoms with Gasteiger partial charge < -0.3 is 14.6 Å². The number of methoxy groups -OCH3 is 1. The maximum absolute atomic E-state index is 10.5. The van der Waals surface area contributed by atoms with Gasteiger partial charge in [0.1, 0.15) is 5.75 Å². The van der Waals surface area contributed by atoms with Crippen molar-refractivity contribution >= 4 is 15.9 Å². The smallest absolute Gasteiger partial charge is 0.119 e. The van der Waals surface area contributed by atoms with E-state index in [2.05, 4.69) is 15.9 Å². The Morgan fingerprint density at radius 1 is 1.59 bits per heavy atom. The van der Waals surface area contributed by atoms with Crippen LogP contribution in [0.2, 0.25) is 0 Å². The minimum Gasteiger partial charge on any atom is -0.497 e. The van der Waals surface area contributed by atoms with Gasteiger partial charge in [-0.25, -0.2) is 0 Å². The summed E-state index contributed by atoms with van der Waals surface area (Å²) in [6.07, 6.45) is 1.13. The normalized spacial score (nSPS) is 28.4. The average molecular weight is 301 g/mol. The lowest BCUT2D eigenvalue weighted by atomic mass is 9.89. The fraction of sp³-hybridized carbons (Fsp3) is 0.538. The van der Waals surface area contributed by atoms with Crippen LogP contribution in [0.25, 0.3) is 0 Å². The summed E-state index contributed by atoms with van der Waals surface area (Å²) in [5.74, 6) is 0.804. The van der Waals surface area contributed by atoms with Gasteiger partial charge in [0.2, 0.25) is 0 Å². The summed E-state index contributed by atoms with van der Waals surface area (Å²) in [5, 5.41) is 10.5. The van der Waals surface area contributed by atoms with Gasteiger partial charge in [0.05, 0.1) is 18.8 Å². The second-order valence-corrected chi connectivity index (χ2v) is 5.36. The Hall–Kier alpha value is -0.580. The van der Waals surface area contributed by atoms with Crippen LogP contribution in [0.5, 0.6) is 5.75 Å². The Bertz CT molecular complexity index is 408. The van der Waals surface area contributed by atoms with E-state index in [1.807, 2.05) is 25.1 Å². The molecule has 2 atom stereocenters. The highest BCUT2D eigenvalue weighted by molar-refractivity contribution is 9.10. The molecule has 0 bridgehead atoms. The molecule has 1 heterocycles. The molecule has 17 heavy (non-hydrogen) atoms. The van der Waals surface area contributed by atoms with E-state index < -0.39 is 5.60 Å². The van der Waals surface area contributed by atoms with E-state index >= 15 is 0 Å². The van der Waals surface area contributed by atoms with E-state index in [1.54, 1.807) is 7.11 Å². The number of ether oxygens (including phenoxy) is 2. The van der Waals surface area contributed by atoms with Crippen molar-refractivity contribution < 1.29 is 14.6 Å². The number of halogens is 1. The molecular weight excluding hydrogens is 284 g/mol. The van der Waals surface area contributed by atoms with Crippen LogP contribution in [0, 0.1) is 0 Å². The Morgan fingerprint density at radius 2 is 2.35 bits per heavy atom. The molecule has 0 aliphatic carbocycles. The molecule has 0 saturated carbocycles. The zero-order valence-corrected chi connectivity index (χ0v) is 11.7. The number of benzene rings is 1. The molecular formula is C13H17BrO3. The zero-order chi connectivity index (χ0) is 12.5. The summed E-state index contributed by atoms with van der Waals surface area (Å²) in [6.45, 7) is 2.54. The van der Waals surface area contributed by atoms with Gasteiger partial charge in [-0.3, -0.25) is 0 Å².